The number of ether oxygens (including phenoxy) is 2. The van der Waals surface area contributed by atoms with Crippen LogP contribution in [0.25, 0.3) is 11.3 Å². The number of sulfonamides is 1. The molecule has 0 saturated carbocycles. The van der Waals surface area contributed by atoms with Gasteiger partial charge in [-0.1, -0.05) is 0 Å². The van der Waals surface area contributed by atoms with E-state index >= 15 is 0 Å². The Labute approximate surface area is 199 Å². The highest BCUT2D eigenvalue weighted by Gasteiger charge is 2.29. The zero-order chi connectivity index (χ0) is 24.1. The largest absolute Gasteiger partial charge is 0.497 e. The summed E-state index contributed by atoms with van der Waals surface area (Å²) in [5.74, 6) is 1.00. The van der Waals surface area contributed by atoms with E-state index in [1.54, 1.807) is 14.0 Å². The van der Waals surface area contributed by atoms with Crippen LogP contribution in [0.5, 0.6) is 5.75 Å². The van der Waals surface area contributed by atoms with Crippen molar-refractivity contribution >= 4 is 21.8 Å². The number of benzene rings is 2. The van der Waals surface area contributed by atoms with E-state index in [9.17, 15) is 13.2 Å². The van der Waals surface area contributed by atoms with Crippen molar-refractivity contribution in [2.24, 2.45) is 0 Å². The zero-order valence-electron chi connectivity index (χ0n) is 19.0. The molecule has 178 valence electrons. The highest BCUT2D eigenvalue weighted by Crippen LogP contribution is 2.23. The van der Waals surface area contributed by atoms with Gasteiger partial charge in [0.2, 0.25) is 10.0 Å². The third-order valence-corrected chi connectivity index (χ3v) is 7.51. The van der Waals surface area contributed by atoms with Gasteiger partial charge in [-0.3, -0.25) is 0 Å². The lowest BCUT2D eigenvalue weighted by Gasteiger charge is -2.34. The summed E-state index contributed by atoms with van der Waals surface area (Å²) < 4.78 is 37.6. The first-order valence-corrected chi connectivity index (χ1v) is 12.4. The molecule has 0 amide bonds. The van der Waals surface area contributed by atoms with Crippen molar-refractivity contribution in [2.75, 3.05) is 44.8 Å². The average molecular weight is 483 g/mol. The Balaban J connectivity index is 1.39. The van der Waals surface area contributed by atoms with Crippen molar-refractivity contribution in [3.63, 3.8) is 0 Å². The summed E-state index contributed by atoms with van der Waals surface area (Å²) in [7, 11) is -2.04. The fourth-order valence-corrected chi connectivity index (χ4v) is 5.12. The first kappa shape index (κ1) is 23.7. The minimum absolute atomic E-state index is 0.151. The lowest BCUT2D eigenvalue weighted by atomic mass is 10.1. The number of anilines is 1. The number of rotatable bonds is 7. The highest BCUT2D eigenvalue weighted by atomic mass is 32.2. The molecule has 0 bridgehead atoms. The van der Waals surface area contributed by atoms with Crippen LogP contribution in [0.3, 0.4) is 0 Å². The van der Waals surface area contributed by atoms with Gasteiger partial charge in [-0.25, -0.2) is 13.2 Å². The van der Waals surface area contributed by atoms with E-state index in [0.29, 0.717) is 37.6 Å². The molecule has 4 rings (SSSR count). The van der Waals surface area contributed by atoms with Crippen LogP contribution in [0.2, 0.25) is 0 Å². The van der Waals surface area contributed by atoms with Crippen LogP contribution in [0.1, 0.15) is 17.3 Å². The van der Waals surface area contributed by atoms with Gasteiger partial charge >= 0.3 is 5.97 Å². The fourth-order valence-electron chi connectivity index (χ4n) is 3.69. The van der Waals surface area contributed by atoms with Crippen LogP contribution in [0, 0.1) is 0 Å². The third kappa shape index (κ3) is 5.02. The number of nitrogens with zero attached hydrogens (tertiary/aromatic N) is 4. The average Bonchev–Trinajstić information content (AvgIpc) is 2.89. The first-order valence-electron chi connectivity index (χ1n) is 10.9. The van der Waals surface area contributed by atoms with E-state index in [-0.39, 0.29) is 11.5 Å². The molecule has 0 unspecified atom stereocenters. The van der Waals surface area contributed by atoms with Crippen molar-refractivity contribution in [3.05, 3.63) is 66.2 Å². The summed E-state index contributed by atoms with van der Waals surface area (Å²) in [5.41, 5.74) is 2.01. The van der Waals surface area contributed by atoms with Gasteiger partial charge in [-0.15, -0.1) is 10.2 Å². The molecule has 2 heterocycles. The normalized spacial score (nSPS) is 14.6. The van der Waals surface area contributed by atoms with Crippen LogP contribution in [-0.2, 0) is 14.8 Å². The Kier molecular flexibility index (Phi) is 7.09. The van der Waals surface area contributed by atoms with Crippen LogP contribution < -0.4 is 9.64 Å². The standard InChI is InChI=1S/C24H26N4O5S/c1-3-33-24(29)19-6-10-21(11-7-19)34(30,31)28-16-14-27(15-17-28)23-13-12-22(25-26-23)18-4-8-20(32-2)9-5-18/h4-13H,3,14-17H2,1-2H3. The van der Waals surface area contributed by atoms with Crippen molar-refractivity contribution in [1.29, 1.82) is 0 Å². The summed E-state index contributed by atoms with van der Waals surface area (Å²) in [5, 5.41) is 8.67. The molecule has 0 atom stereocenters. The Morgan fingerprint density at radius 3 is 2.15 bits per heavy atom. The van der Waals surface area contributed by atoms with E-state index in [1.165, 1.54) is 28.6 Å². The van der Waals surface area contributed by atoms with Gasteiger partial charge in [-0.05, 0) is 67.6 Å². The Morgan fingerprint density at radius 2 is 1.59 bits per heavy atom. The molecule has 9 nitrogen and oxygen atoms in total. The van der Waals surface area contributed by atoms with Gasteiger partial charge in [0.05, 0.1) is 29.9 Å². The molecule has 0 N–H and O–H groups in total. The molecule has 3 aromatic rings. The molecule has 1 saturated heterocycles. The number of carbonyl (C=O) groups excluding carboxylic acids is 1. The molecule has 2 aromatic carbocycles. The number of piperazine rings is 1. The van der Waals surface area contributed by atoms with Crippen LogP contribution in [-0.4, -0.2) is 68.8 Å². The molecule has 1 aliphatic rings. The number of aromatic nitrogens is 2. The van der Waals surface area contributed by atoms with E-state index in [2.05, 4.69) is 10.2 Å². The second-order valence-electron chi connectivity index (χ2n) is 7.64. The molecule has 0 spiro atoms. The molecule has 0 aliphatic carbocycles. The van der Waals surface area contributed by atoms with E-state index in [0.717, 1.165) is 17.0 Å². The topological polar surface area (TPSA) is 102 Å². The number of carbonyl (C=O) groups is 1. The predicted octanol–water partition coefficient (Wildman–Crippen LogP) is 2.84. The van der Waals surface area contributed by atoms with Crippen molar-refractivity contribution < 1.29 is 22.7 Å². The van der Waals surface area contributed by atoms with E-state index in [4.69, 9.17) is 9.47 Å². The van der Waals surface area contributed by atoms with Crippen LogP contribution >= 0.6 is 0 Å². The van der Waals surface area contributed by atoms with E-state index in [1.807, 2.05) is 41.3 Å². The van der Waals surface area contributed by atoms with Crippen molar-refractivity contribution in [1.82, 2.24) is 14.5 Å². The predicted molar refractivity (Wildman–Crippen MR) is 127 cm³/mol. The summed E-state index contributed by atoms with van der Waals surface area (Å²) in [6, 6.07) is 17.2. The first-order chi connectivity index (χ1) is 16.4. The summed E-state index contributed by atoms with van der Waals surface area (Å²) in [4.78, 5) is 14.0. The maximum atomic E-state index is 13.0. The second-order valence-corrected chi connectivity index (χ2v) is 9.58. The van der Waals surface area contributed by atoms with Gasteiger partial charge in [0.15, 0.2) is 5.82 Å². The maximum absolute atomic E-state index is 13.0. The molecule has 1 aromatic heterocycles. The van der Waals surface area contributed by atoms with E-state index < -0.39 is 16.0 Å². The SMILES string of the molecule is CCOC(=O)c1ccc(S(=O)(=O)N2CCN(c3ccc(-c4ccc(OC)cc4)nn3)CC2)cc1. The molecule has 34 heavy (non-hydrogen) atoms. The van der Waals surface area contributed by atoms with Gasteiger partial charge in [-0.2, -0.15) is 4.31 Å². The summed E-state index contributed by atoms with van der Waals surface area (Å²) >= 11 is 0. The monoisotopic (exact) mass is 482 g/mol. The van der Waals surface area contributed by atoms with Crippen molar-refractivity contribution in [3.8, 4) is 17.0 Å². The second kappa shape index (κ2) is 10.2. The van der Waals surface area contributed by atoms with Gasteiger partial charge in [0.1, 0.15) is 5.75 Å². The maximum Gasteiger partial charge on any atom is 0.338 e. The zero-order valence-corrected chi connectivity index (χ0v) is 19.9. The molecule has 10 heteroatoms. The number of hydrogen-bond donors (Lipinski definition) is 0. The molecular weight excluding hydrogens is 456 g/mol. The van der Waals surface area contributed by atoms with Crippen LogP contribution in [0.15, 0.2) is 65.6 Å². The number of methoxy groups -OCH3 is 1. The Bertz CT molecular complexity index is 1220. The lowest BCUT2D eigenvalue weighted by Crippen LogP contribution is -2.49. The molecule has 1 aliphatic heterocycles. The Hall–Kier alpha value is -3.50. The smallest absolute Gasteiger partial charge is 0.338 e. The quantitative estimate of drug-likeness (QED) is 0.474. The highest BCUT2D eigenvalue weighted by molar-refractivity contribution is 7.89. The summed E-state index contributed by atoms with van der Waals surface area (Å²) in [6.45, 7) is 3.62. The minimum Gasteiger partial charge on any atom is -0.497 e. The summed E-state index contributed by atoms with van der Waals surface area (Å²) in [6.07, 6.45) is 0. The molecule has 0 radical (unpaired) electrons. The molecular formula is C24H26N4O5S. The number of esters is 1. The molecule has 1 fully saturated rings. The Morgan fingerprint density at radius 1 is 0.912 bits per heavy atom. The van der Waals surface area contributed by atoms with Crippen molar-refractivity contribution in [2.45, 2.75) is 11.8 Å². The fraction of sp³-hybridized carbons (Fsp3) is 0.292. The van der Waals surface area contributed by atoms with Gasteiger partial charge in [0.25, 0.3) is 0 Å². The minimum atomic E-state index is -3.66. The lowest BCUT2D eigenvalue weighted by molar-refractivity contribution is 0.0526. The van der Waals surface area contributed by atoms with Gasteiger partial charge < -0.3 is 14.4 Å². The van der Waals surface area contributed by atoms with Gasteiger partial charge in [0, 0.05) is 31.7 Å². The third-order valence-electron chi connectivity index (χ3n) is 5.60. The van der Waals surface area contributed by atoms with Crippen LogP contribution in [0.4, 0.5) is 5.82 Å². The number of hydrogen-bond acceptors (Lipinski definition) is 8.